The van der Waals surface area contributed by atoms with Crippen molar-refractivity contribution in [1.29, 1.82) is 0 Å². The lowest BCUT2D eigenvalue weighted by atomic mass is 10.1. The number of benzene rings is 1. The van der Waals surface area contributed by atoms with Gasteiger partial charge >= 0.3 is 0 Å². The van der Waals surface area contributed by atoms with Crippen molar-refractivity contribution in [3.8, 4) is 5.75 Å². The van der Waals surface area contributed by atoms with Crippen LogP contribution in [0.15, 0.2) is 18.2 Å². The summed E-state index contributed by atoms with van der Waals surface area (Å²) < 4.78 is 5.35. The highest BCUT2D eigenvalue weighted by molar-refractivity contribution is 5.54. The van der Waals surface area contributed by atoms with Crippen molar-refractivity contribution in [2.75, 3.05) is 12.0 Å². The molecule has 0 aromatic heterocycles. The zero-order chi connectivity index (χ0) is 9.68. The number of anilines is 1. The summed E-state index contributed by atoms with van der Waals surface area (Å²) >= 11 is 0. The van der Waals surface area contributed by atoms with Crippen LogP contribution in [0.5, 0.6) is 5.75 Å². The molecule has 1 aromatic rings. The summed E-state index contributed by atoms with van der Waals surface area (Å²) in [6.07, 6.45) is 0.964. The third kappa shape index (κ3) is 2.36. The number of hydrogen-bond acceptors (Lipinski definition) is 3. The first-order chi connectivity index (χ1) is 6.31. The van der Waals surface area contributed by atoms with Crippen LogP contribution in [-0.2, 0) is 6.42 Å². The van der Waals surface area contributed by atoms with Gasteiger partial charge in [0.15, 0.2) is 0 Å². The molecule has 3 N–H and O–H groups in total. The Balaban J connectivity index is 2.91. The van der Waals surface area contributed by atoms with Gasteiger partial charge in [0, 0.05) is 6.07 Å². The van der Waals surface area contributed by atoms with E-state index in [1.165, 1.54) is 5.56 Å². The summed E-state index contributed by atoms with van der Waals surface area (Å²) in [4.78, 5) is 0. The second kappa shape index (κ2) is 4.72. The maximum atomic E-state index is 5.39. The number of rotatable bonds is 4. The summed E-state index contributed by atoms with van der Waals surface area (Å²) in [6, 6.07) is 5.91. The molecule has 0 saturated heterocycles. The van der Waals surface area contributed by atoms with Gasteiger partial charge in [-0.25, -0.2) is 0 Å². The number of nitrogens with one attached hydrogen (secondary N) is 1. The Morgan fingerprint density at radius 3 is 2.69 bits per heavy atom. The van der Waals surface area contributed by atoms with E-state index in [0.717, 1.165) is 17.9 Å². The number of hydrazine groups is 1. The van der Waals surface area contributed by atoms with Gasteiger partial charge in [-0.3, -0.25) is 5.84 Å². The van der Waals surface area contributed by atoms with Crippen molar-refractivity contribution in [3.63, 3.8) is 0 Å². The summed E-state index contributed by atoms with van der Waals surface area (Å²) in [5, 5.41) is 0. The van der Waals surface area contributed by atoms with Crippen molar-refractivity contribution in [3.05, 3.63) is 23.8 Å². The first kappa shape index (κ1) is 9.86. The minimum absolute atomic E-state index is 0.676. The fourth-order valence-electron chi connectivity index (χ4n) is 1.25. The van der Waals surface area contributed by atoms with Gasteiger partial charge in [-0.2, -0.15) is 0 Å². The van der Waals surface area contributed by atoms with Gasteiger partial charge in [0.1, 0.15) is 5.75 Å². The van der Waals surface area contributed by atoms with Crippen LogP contribution in [-0.4, -0.2) is 6.61 Å². The van der Waals surface area contributed by atoms with Crippen molar-refractivity contribution >= 4 is 5.69 Å². The SMILES string of the molecule is CCOc1ccc(CC)c(NN)c1. The predicted octanol–water partition coefficient (Wildman–Crippen LogP) is 1.93. The number of nitrogens with two attached hydrogens (primary N) is 1. The lowest BCUT2D eigenvalue weighted by Crippen LogP contribution is -2.09. The molecule has 0 atom stereocenters. The largest absolute Gasteiger partial charge is 0.494 e. The molecule has 1 aromatic carbocycles. The van der Waals surface area contributed by atoms with Crippen LogP contribution in [0.3, 0.4) is 0 Å². The molecule has 72 valence electrons. The fourth-order valence-corrected chi connectivity index (χ4v) is 1.25. The maximum Gasteiger partial charge on any atom is 0.121 e. The minimum atomic E-state index is 0.676. The predicted molar refractivity (Wildman–Crippen MR) is 54.8 cm³/mol. The van der Waals surface area contributed by atoms with Gasteiger partial charge in [0.2, 0.25) is 0 Å². The van der Waals surface area contributed by atoms with Gasteiger partial charge in [0.05, 0.1) is 12.3 Å². The third-order valence-electron chi connectivity index (χ3n) is 1.93. The van der Waals surface area contributed by atoms with E-state index in [9.17, 15) is 0 Å². The van der Waals surface area contributed by atoms with E-state index >= 15 is 0 Å². The van der Waals surface area contributed by atoms with Crippen LogP contribution in [0.1, 0.15) is 19.4 Å². The highest BCUT2D eigenvalue weighted by Crippen LogP contribution is 2.22. The average Bonchev–Trinajstić information content (AvgIpc) is 2.18. The molecule has 0 aliphatic rings. The van der Waals surface area contributed by atoms with Crippen LogP contribution in [0.2, 0.25) is 0 Å². The molecule has 0 heterocycles. The molecule has 3 nitrogen and oxygen atoms in total. The van der Waals surface area contributed by atoms with Crippen molar-refractivity contribution in [1.82, 2.24) is 0 Å². The molecular formula is C10H16N2O. The van der Waals surface area contributed by atoms with E-state index in [0.29, 0.717) is 6.61 Å². The Labute approximate surface area is 78.9 Å². The normalized spacial score (nSPS) is 9.77. The van der Waals surface area contributed by atoms with Crippen LogP contribution in [0.25, 0.3) is 0 Å². The quantitative estimate of drug-likeness (QED) is 0.550. The molecule has 3 heteroatoms. The molecule has 0 saturated carbocycles. The lowest BCUT2D eigenvalue weighted by molar-refractivity contribution is 0.340. The first-order valence-electron chi connectivity index (χ1n) is 4.54. The van der Waals surface area contributed by atoms with E-state index in [-0.39, 0.29) is 0 Å². The fraction of sp³-hybridized carbons (Fsp3) is 0.400. The van der Waals surface area contributed by atoms with Crippen LogP contribution in [0.4, 0.5) is 5.69 Å². The highest BCUT2D eigenvalue weighted by atomic mass is 16.5. The molecule has 0 aliphatic heterocycles. The minimum Gasteiger partial charge on any atom is -0.494 e. The van der Waals surface area contributed by atoms with Crippen molar-refractivity contribution in [2.45, 2.75) is 20.3 Å². The Morgan fingerprint density at radius 2 is 2.15 bits per heavy atom. The van der Waals surface area contributed by atoms with Gasteiger partial charge in [-0.05, 0) is 25.0 Å². The molecule has 13 heavy (non-hydrogen) atoms. The van der Waals surface area contributed by atoms with Crippen LogP contribution >= 0.6 is 0 Å². The smallest absolute Gasteiger partial charge is 0.121 e. The Morgan fingerprint density at radius 1 is 1.38 bits per heavy atom. The molecule has 1 rings (SSSR count). The standard InChI is InChI=1S/C10H16N2O/c1-3-8-5-6-9(13-4-2)7-10(8)12-11/h5-7,12H,3-4,11H2,1-2H3. The number of nitrogen functional groups attached to an aromatic ring is 1. The van der Waals surface area contributed by atoms with Gasteiger partial charge in [-0.1, -0.05) is 13.0 Å². The molecular weight excluding hydrogens is 164 g/mol. The number of hydrogen-bond donors (Lipinski definition) is 2. The molecule has 0 radical (unpaired) electrons. The maximum absolute atomic E-state index is 5.39. The van der Waals surface area contributed by atoms with Crippen molar-refractivity contribution < 1.29 is 4.74 Å². The van der Waals surface area contributed by atoms with E-state index in [1.807, 2.05) is 25.1 Å². The van der Waals surface area contributed by atoms with Gasteiger partial charge in [0.25, 0.3) is 0 Å². The first-order valence-corrected chi connectivity index (χ1v) is 4.54. The second-order valence-electron chi connectivity index (χ2n) is 2.75. The van der Waals surface area contributed by atoms with Crippen LogP contribution in [0, 0.1) is 0 Å². The van der Waals surface area contributed by atoms with Gasteiger partial charge in [-0.15, -0.1) is 0 Å². The topological polar surface area (TPSA) is 47.3 Å². The molecule has 0 amide bonds. The van der Waals surface area contributed by atoms with E-state index < -0.39 is 0 Å². The molecule has 0 fully saturated rings. The van der Waals surface area contributed by atoms with E-state index in [1.54, 1.807) is 0 Å². The number of ether oxygens (including phenoxy) is 1. The summed E-state index contributed by atoms with van der Waals surface area (Å²) in [6.45, 7) is 4.73. The molecule has 0 aliphatic carbocycles. The van der Waals surface area contributed by atoms with Gasteiger partial charge < -0.3 is 10.2 Å². The number of aryl methyl sites for hydroxylation is 1. The Kier molecular flexibility index (Phi) is 3.58. The Hall–Kier alpha value is -1.22. The van der Waals surface area contributed by atoms with Crippen LogP contribution < -0.4 is 16.0 Å². The molecule has 0 spiro atoms. The molecule has 0 bridgehead atoms. The Bertz CT molecular complexity index is 274. The van der Waals surface area contributed by atoms with E-state index in [4.69, 9.17) is 10.6 Å². The lowest BCUT2D eigenvalue weighted by Gasteiger charge is -2.09. The van der Waals surface area contributed by atoms with E-state index in [2.05, 4.69) is 12.3 Å². The third-order valence-corrected chi connectivity index (χ3v) is 1.93. The summed E-state index contributed by atoms with van der Waals surface area (Å²) in [5.41, 5.74) is 4.80. The summed E-state index contributed by atoms with van der Waals surface area (Å²) in [7, 11) is 0. The monoisotopic (exact) mass is 180 g/mol. The zero-order valence-electron chi connectivity index (χ0n) is 8.13. The highest BCUT2D eigenvalue weighted by Gasteiger charge is 2.00. The zero-order valence-corrected chi connectivity index (χ0v) is 8.13. The molecule has 0 unspecified atom stereocenters. The average molecular weight is 180 g/mol. The summed E-state index contributed by atoms with van der Waals surface area (Å²) in [5.74, 6) is 6.24. The second-order valence-corrected chi connectivity index (χ2v) is 2.75. The van der Waals surface area contributed by atoms with Crippen molar-refractivity contribution in [2.24, 2.45) is 5.84 Å².